The molecule has 2 aliphatic rings. The summed E-state index contributed by atoms with van der Waals surface area (Å²) < 4.78 is 32.9. The largest absolute Gasteiger partial charge is 0.388 e. The van der Waals surface area contributed by atoms with E-state index in [1.165, 1.54) is 14.2 Å². The molecule has 0 aliphatic carbocycles. The Bertz CT molecular complexity index is 381. The number of aliphatic hydroxyl groups is 3. The van der Waals surface area contributed by atoms with Crippen LogP contribution in [0.1, 0.15) is 13.8 Å². The van der Waals surface area contributed by atoms with Crippen molar-refractivity contribution in [3.8, 4) is 0 Å². The Labute approximate surface area is 141 Å². The molecule has 9 heteroatoms. The maximum Gasteiger partial charge on any atom is 0.187 e. The maximum atomic E-state index is 10.2. The molecule has 2 heterocycles. The molecular weight excluding hydrogens is 324 g/mol. The third-order valence-electron chi connectivity index (χ3n) is 4.64. The van der Waals surface area contributed by atoms with E-state index >= 15 is 0 Å². The van der Waals surface area contributed by atoms with E-state index in [1.54, 1.807) is 21.0 Å². The molecule has 2 aliphatic heterocycles. The van der Waals surface area contributed by atoms with Gasteiger partial charge in [-0.05, 0) is 13.8 Å². The molecule has 2 fully saturated rings. The minimum Gasteiger partial charge on any atom is -0.388 e. The first kappa shape index (κ1) is 20.0. The average molecular weight is 352 g/mol. The Kier molecular flexibility index (Phi) is 6.94. The van der Waals surface area contributed by atoms with Crippen molar-refractivity contribution in [2.75, 3.05) is 21.3 Å². The van der Waals surface area contributed by atoms with Crippen LogP contribution in [-0.4, -0.2) is 98.1 Å². The Morgan fingerprint density at radius 1 is 0.667 bits per heavy atom. The normalized spacial score (nSPS) is 50.0. The van der Waals surface area contributed by atoms with Crippen LogP contribution in [0.25, 0.3) is 0 Å². The van der Waals surface area contributed by atoms with Gasteiger partial charge in [0, 0.05) is 21.3 Å². The molecule has 0 saturated carbocycles. The third kappa shape index (κ3) is 3.74. The van der Waals surface area contributed by atoms with Crippen molar-refractivity contribution in [2.24, 2.45) is 0 Å². The summed E-state index contributed by atoms with van der Waals surface area (Å²) in [5.74, 6) is 0. The van der Waals surface area contributed by atoms with E-state index < -0.39 is 49.2 Å². The van der Waals surface area contributed by atoms with E-state index in [0.29, 0.717) is 0 Å². The fourth-order valence-corrected chi connectivity index (χ4v) is 3.25. The van der Waals surface area contributed by atoms with Gasteiger partial charge in [-0.2, -0.15) is 0 Å². The molecule has 10 atom stereocenters. The Balaban J connectivity index is 2.17. The second-order valence-electron chi connectivity index (χ2n) is 6.12. The monoisotopic (exact) mass is 352 g/mol. The molecule has 142 valence electrons. The first-order valence-corrected chi connectivity index (χ1v) is 7.94. The molecule has 0 aromatic rings. The molecule has 24 heavy (non-hydrogen) atoms. The number of aliphatic hydroxyl groups excluding tert-OH is 3. The number of rotatable bonds is 5. The van der Waals surface area contributed by atoms with Crippen LogP contribution in [0.5, 0.6) is 0 Å². The highest BCUT2D eigenvalue weighted by Crippen LogP contribution is 2.31. The third-order valence-corrected chi connectivity index (χ3v) is 4.64. The van der Waals surface area contributed by atoms with Gasteiger partial charge in [-0.15, -0.1) is 0 Å². The SMILES string of the molecule is CO[C@H]1[C@H](OC)[C@H](O[C@@H]2[C@@H](O)[C@H](C)OC(O)[C@@H]2O)O[C@@H](C)[C@H]1OC. The number of methoxy groups -OCH3 is 3. The van der Waals surface area contributed by atoms with Crippen LogP contribution < -0.4 is 0 Å². The maximum absolute atomic E-state index is 10.2. The minimum atomic E-state index is -1.46. The first-order valence-electron chi connectivity index (χ1n) is 7.94. The van der Waals surface area contributed by atoms with Crippen molar-refractivity contribution >= 4 is 0 Å². The van der Waals surface area contributed by atoms with Crippen LogP contribution in [-0.2, 0) is 28.4 Å². The van der Waals surface area contributed by atoms with Gasteiger partial charge < -0.3 is 43.7 Å². The fourth-order valence-electron chi connectivity index (χ4n) is 3.25. The molecular formula is C15H28O9. The second kappa shape index (κ2) is 8.35. The highest BCUT2D eigenvalue weighted by Gasteiger charge is 2.50. The van der Waals surface area contributed by atoms with Crippen LogP contribution >= 0.6 is 0 Å². The molecule has 0 bridgehead atoms. The summed E-state index contributed by atoms with van der Waals surface area (Å²) in [5, 5.41) is 30.1. The van der Waals surface area contributed by atoms with Crippen molar-refractivity contribution in [1.29, 1.82) is 0 Å². The van der Waals surface area contributed by atoms with Gasteiger partial charge in [0.2, 0.25) is 0 Å². The van der Waals surface area contributed by atoms with E-state index in [0.717, 1.165) is 0 Å². The summed E-state index contributed by atoms with van der Waals surface area (Å²) in [6.07, 6.45) is -8.60. The predicted octanol–water partition coefficient (Wildman–Crippen LogP) is -1.38. The zero-order valence-corrected chi connectivity index (χ0v) is 14.6. The molecule has 2 rings (SSSR count). The van der Waals surface area contributed by atoms with Gasteiger partial charge in [-0.1, -0.05) is 0 Å². The molecule has 0 aromatic heterocycles. The molecule has 0 spiro atoms. The number of ether oxygens (including phenoxy) is 6. The summed E-state index contributed by atoms with van der Waals surface area (Å²) >= 11 is 0. The highest BCUT2D eigenvalue weighted by molar-refractivity contribution is 4.93. The lowest BCUT2D eigenvalue weighted by Gasteiger charge is -2.47. The van der Waals surface area contributed by atoms with Gasteiger partial charge in [0.25, 0.3) is 0 Å². The predicted molar refractivity (Wildman–Crippen MR) is 80.2 cm³/mol. The molecule has 9 nitrogen and oxygen atoms in total. The van der Waals surface area contributed by atoms with Crippen molar-refractivity contribution in [1.82, 2.24) is 0 Å². The topological polar surface area (TPSA) is 116 Å². The van der Waals surface area contributed by atoms with Crippen molar-refractivity contribution < 1.29 is 43.7 Å². The van der Waals surface area contributed by atoms with Gasteiger partial charge >= 0.3 is 0 Å². The molecule has 1 unspecified atom stereocenters. The standard InChI is InChI=1S/C15H28O9/c1-6-8(16)11(9(17)14(18)22-6)24-15-13(21-5)12(20-4)10(19-3)7(2)23-15/h6-18H,1-5H3/t6-,7-,8-,9+,10+,11+,12+,13-,14?,15-/m0/s1. The Morgan fingerprint density at radius 3 is 1.79 bits per heavy atom. The summed E-state index contributed by atoms with van der Waals surface area (Å²) in [7, 11) is 4.56. The highest BCUT2D eigenvalue weighted by atomic mass is 16.7. The van der Waals surface area contributed by atoms with Crippen LogP contribution in [0.3, 0.4) is 0 Å². The van der Waals surface area contributed by atoms with Crippen LogP contribution in [0.2, 0.25) is 0 Å². The van der Waals surface area contributed by atoms with E-state index in [9.17, 15) is 15.3 Å². The van der Waals surface area contributed by atoms with E-state index in [1.807, 2.05) is 0 Å². The zero-order valence-electron chi connectivity index (χ0n) is 14.6. The van der Waals surface area contributed by atoms with Crippen molar-refractivity contribution in [2.45, 2.75) is 75.3 Å². The van der Waals surface area contributed by atoms with Gasteiger partial charge in [0.1, 0.15) is 36.6 Å². The van der Waals surface area contributed by atoms with E-state index in [2.05, 4.69) is 0 Å². The molecule has 0 aromatic carbocycles. The summed E-state index contributed by atoms with van der Waals surface area (Å²) in [5.41, 5.74) is 0. The van der Waals surface area contributed by atoms with Gasteiger partial charge in [-0.25, -0.2) is 0 Å². The van der Waals surface area contributed by atoms with Crippen molar-refractivity contribution in [3.05, 3.63) is 0 Å². The van der Waals surface area contributed by atoms with Crippen molar-refractivity contribution in [3.63, 3.8) is 0 Å². The van der Waals surface area contributed by atoms with Crippen LogP contribution in [0, 0.1) is 0 Å². The number of hydrogen-bond donors (Lipinski definition) is 3. The fraction of sp³-hybridized carbons (Fsp3) is 1.00. The summed E-state index contributed by atoms with van der Waals surface area (Å²) in [4.78, 5) is 0. The lowest BCUT2D eigenvalue weighted by atomic mass is 9.97. The average Bonchev–Trinajstić information content (AvgIpc) is 2.56. The summed E-state index contributed by atoms with van der Waals surface area (Å²) in [6.45, 7) is 3.38. The Morgan fingerprint density at radius 2 is 1.25 bits per heavy atom. The van der Waals surface area contributed by atoms with Gasteiger partial charge in [0.05, 0.1) is 12.2 Å². The minimum absolute atomic E-state index is 0.367. The lowest BCUT2D eigenvalue weighted by molar-refractivity contribution is -0.354. The lowest BCUT2D eigenvalue weighted by Crippen LogP contribution is -2.63. The summed E-state index contributed by atoms with van der Waals surface area (Å²) in [6, 6.07) is 0. The number of hydrogen-bond acceptors (Lipinski definition) is 9. The van der Waals surface area contributed by atoms with Gasteiger partial charge in [-0.3, -0.25) is 0 Å². The van der Waals surface area contributed by atoms with Crippen LogP contribution in [0.4, 0.5) is 0 Å². The second-order valence-corrected chi connectivity index (χ2v) is 6.12. The van der Waals surface area contributed by atoms with E-state index in [4.69, 9.17) is 28.4 Å². The first-order chi connectivity index (χ1) is 11.3. The molecule has 0 radical (unpaired) electrons. The molecule has 3 N–H and O–H groups in total. The zero-order chi connectivity index (χ0) is 18.0. The quantitative estimate of drug-likeness (QED) is 0.550. The van der Waals surface area contributed by atoms with Crippen LogP contribution in [0.15, 0.2) is 0 Å². The molecule has 2 saturated heterocycles. The van der Waals surface area contributed by atoms with Gasteiger partial charge in [0.15, 0.2) is 12.6 Å². The molecule has 0 amide bonds. The smallest absolute Gasteiger partial charge is 0.187 e. The Hall–Kier alpha value is -0.360. The van der Waals surface area contributed by atoms with E-state index in [-0.39, 0.29) is 12.2 Å².